The lowest BCUT2D eigenvalue weighted by Crippen LogP contribution is -2.41. The van der Waals surface area contributed by atoms with Gasteiger partial charge < -0.3 is 20.7 Å². The van der Waals surface area contributed by atoms with Crippen molar-refractivity contribution in [3.63, 3.8) is 0 Å². The number of amides is 1. The molecule has 3 N–H and O–H groups in total. The van der Waals surface area contributed by atoms with Crippen LogP contribution in [0.25, 0.3) is 0 Å². The van der Waals surface area contributed by atoms with Crippen LogP contribution in [-0.4, -0.2) is 32.1 Å². The smallest absolute Gasteiger partial charge is 0.243 e. The number of hydrogen-bond donors (Lipinski definition) is 3. The highest BCUT2D eigenvalue weighted by Crippen LogP contribution is 2.30. The number of aliphatic imine (C=N–C) groups is 1. The zero-order chi connectivity index (χ0) is 20.6. The second-order valence-electron chi connectivity index (χ2n) is 7.20. The van der Waals surface area contributed by atoms with E-state index < -0.39 is 0 Å². The van der Waals surface area contributed by atoms with Crippen molar-refractivity contribution in [2.45, 2.75) is 26.3 Å². The monoisotopic (exact) mass is 398 g/mol. The van der Waals surface area contributed by atoms with Gasteiger partial charge in [-0.25, -0.2) is 4.39 Å². The molecule has 0 spiro atoms. The fourth-order valence-electron chi connectivity index (χ4n) is 2.74. The summed E-state index contributed by atoms with van der Waals surface area (Å²) >= 11 is 0. The van der Waals surface area contributed by atoms with Gasteiger partial charge in [0.25, 0.3) is 0 Å². The van der Waals surface area contributed by atoms with E-state index in [2.05, 4.69) is 20.9 Å². The van der Waals surface area contributed by atoms with Gasteiger partial charge in [-0.2, -0.15) is 0 Å². The van der Waals surface area contributed by atoms with Crippen molar-refractivity contribution in [1.82, 2.24) is 10.6 Å². The molecule has 0 aromatic heterocycles. The number of halogens is 1. The lowest BCUT2D eigenvalue weighted by Gasteiger charge is -2.15. The van der Waals surface area contributed by atoms with E-state index in [4.69, 9.17) is 4.74 Å². The van der Waals surface area contributed by atoms with E-state index in [1.807, 2.05) is 25.1 Å². The summed E-state index contributed by atoms with van der Waals surface area (Å²) in [6.45, 7) is 3.36. The van der Waals surface area contributed by atoms with Crippen LogP contribution in [0, 0.1) is 18.7 Å². The molecule has 7 heteroatoms. The number of carbonyl (C=O) groups excluding carboxylic acids is 1. The van der Waals surface area contributed by atoms with E-state index in [1.165, 1.54) is 37.1 Å². The maximum atomic E-state index is 12.9. The van der Waals surface area contributed by atoms with Crippen molar-refractivity contribution in [3.8, 4) is 5.75 Å². The molecule has 0 radical (unpaired) electrons. The van der Waals surface area contributed by atoms with Gasteiger partial charge >= 0.3 is 0 Å². The van der Waals surface area contributed by atoms with Crippen molar-refractivity contribution in [3.05, 3.63) is 59.4 Å². The Morgan fingerprint density at radius 3 is 2.62 bits per heavy atom. The highest BCUT2D eigenvalue weighted by Gasteiger charge is 2.22. The molecule has 29 heavy (non-hydrogen) atoms. The van der Waals surface area contributed by atoms with Gasteiger partial charge in [-0.3, -0.25) is 9.79 Å². The average molecular weight is 398 g/mol. The summed E-state index contributed by atoms with van der Waals surface area (Å²) in [5.41, 5.74) is 2.73. The van der Waals surface area contributed by atoms with E-state index in [0.717, 1.165) is 23.5 Å². The van der Waals surface area contributed by atoms with E-state index in [9.17, 15) is 9.18 Å². The number of nitrogens with one attached hydrogen (secondary N) is 3. The molecule has 2 aromatic carbocycles. The number of carbonyl (C=O) groups is 1. The molecule has 1 amide bonds. The fraction of sp³-hybridized carbons (Fsp3) is 0.364. The van der Waals surface area contributed by atoms with Gasteiger partial charge in [0.05, 0.1) is 13.2 Å². The molecule has 0 atom stereocenters. The van der Waals surface area contributed by atoms with Gasteiger partial charge in [0.1, 0.15) is 11.6 Å². The maximum absolute atomic E-state index is 12.9. The Bertz CT molecular complexity index is 864. The Morgan fingerprint density at radius 1 is 1.17 bits per heavy atom. The predicted octanol–water partition coefficient (Wildman–Crippen LogP) is 3.23. The molecule has 0 unspecified atom stereocenters. The molecule has 0 bridgehead atoms. The summed E-state index contributed by atoms with van der Waals surface area (Å²) in [6.07, 6.45) is 2.49. The summed E-state index contributed by atoms with van der Waals surface area (Å²) in [4.78, 5) is 16.2. The third-order valence-electron chi connectivity index (χ3n) is 4.61. The minimum absolute atomic E-state index is 0.0377. The molecule has 1 aliphatic rings. The zero-order valence-corrected chi connectivity index (χ0v) is 16.8. The Kier molecular flexibility index (Phi) is 7.05. The van der Waals surface area contributed by atoms with Crippen molar-refractivity contribution in [2.75, 3.05) is 25.5 Å². The molecule has 1 saturated carbocycles. The maximum Gasteiger partial charge on any atom is 0.243 e. The lowest BCUT2D eigenvalue weighted by atomic mass is 10.1. The summed E-state index contributed by atoms with van der Waals surface area (Å²) in [7, 11) is 1.65. The van der Waals surface area contributed by atoms with Crippen LogP contribution in [0.4, 0.5) is 10.1 Å². The standard InChI is InChI=1S/C22H27FN4O2/c1-15-3-6-17(20(11-15)29-14-16-4-5-16)12-25-22(24-2)26-13-21(28)27-19-9-7-18(23)8-10-19/h3,6-11,16H,4-5,12-14H2,1-2H3,(H,27,28)(H2,24,25,26). The largest absolute Gasteiger partial charge is 0.493 e. The van der Waals surface area contributed by atoms with Crippen LogP contribution in [0.5, 0.6) is 5.75 Å². The second kappa shape index (κ2) is 9.91. The average Bonchev–Trinajstić information content (AvgIpc) is 3.54. The Balaban J connectivity index is 1.48. The van der Waals surface area contributed by atoms with Gasteiger partial charge in [-0.15, -0.1) is 0 Å². The van der Waals surface area contributed by atoms with Crippen molar-refractivity contribution in [1.29, 1.82) is 0 Å². The molecule has 2 aromatic rings. The molecule has 3 rings (SSSR count). The van der Waals surface area contributed by atoms with Gasteiger partial charge in [0.15, 0.2) is 5.96 Å². The van der Waals surface area contributed by atoms with E-state index >= 15 is 0 Å². The highest BCUT2D eigenvalue weighted by atomic mass is 19.1. The minimum atomic E-state index is -0.345. The molecule has 0 aliphatic heterocycles. The molecule has 6 nitrogen and oxygen atoms in total. The Labute approximate surface area is 170 Å². The fourth-order valence-corrected chi connectivity index (χ4v) is 2.74. The lowest BCUT2D eigenvalue weighted by molar-refractivity contribution is -0.115. The second-order valence-corrected chi connectivity index (χ2v) is 7.20. The topological polar surface area (TPSA) is 74.8 Å². The summed E-state index contributed by atoms with van der Waals surface area (Å²) in [5, 5.41) is 8.88. The molecule has 1 aliphatic carbocycles. The third kappa shape index (κ3) is 6.78. The first kappa shape index (κ1) is 20.6. The van der Waals surface area contributed by atoms with Crippen LogP contribution in [0.1, 0.15) is 24.0 Å². The van der Waals surface area contributed by atoms with Crippen molar-refractivity contribution >= 4 is 17.6 Å². The first-order valence-corrected chi connectivity index (χ1v) is 9.76. The summed E-state index contributed by atoms with van der Waals surface area (Å²) < 4.78 is 18.9. The summed E-state index contributed by atoms with van der Waals surface area (Å²) in [6, 6.07) is 11.8. The third-order valence-corrected chi connectivity index (χ3v) is 4.61. The van der Waals surface area contributed by atoms with Crippen LogP contribution in [0.15, 0.2) is 47.5 Å². The minimum Gasteiger partial charge on any atom is -0.493 e. The molecular weight excluding hydrogens is 371 g/mol. The number of rotatable bonds is 8. The molecule has 1 fully saturated rings. The van der Waals surface area contributed by atoms with Crippen molar-refractivity contribution < 1.29 is 13.9 Å². The Hall–Kier alpha value is -3.09. The van der Waals surface area contributed by atoms with E-state index in [1.54, 1.807) is 7.05 Å². The van der Waals surface area contributed by atoms with Gasteiger partial charge in [0, 0.05) is 24.8 Å². The number of guanidine groups is 1. The first-order valence-electron chi connectivity index (χ1n) is 9.76. The molecular formula is C22H27FN4O2. The van der Waals surface area contributed by atoms with E-state index in [-0.39, 0.29) is 18.3 Å². The first-order chi connectivity index (χ1) is 14.0. The van der Waals surface area contributed by atoms with Gasteiger partial charge in [-0.05, 0) is 61.6 Å². The van der Waals surface area contributed by atoms with E-state index in [0.29, 0.717) is 24.1 Å². The van der Waals surface area contributed by atoms with Gasteiger partial charge in [-0.1, -0.05) is 12.1 Å². The number of nitrogens with zero attached hydrogens (tertiary/aromatic N) is 1. The van der Waals surface area contributed by atoms with Gasteiger partial charge in [0.2, 0.25) is 5.91 Å². The molecule has 0 heterocycles. The number of benzene rings is 2. The highest BCUT2D eigenvalue weighted by molar-refractivity contribution is 5.94. The van der Waals surface area contributed by atoms with Crippen LogP contribution in [-0.2, 0) is 11.3 Å². The number of hydrogen-bond acceptors (Lipinski definition) is 3. The number of aryl methyl sites for hydroxylation is 1. The van der Waals surface area contributed by atoms with Crippen LogP contribution in [0.2, 0.25) is 0 Å². The van der Waals surface area contributed by atoms with Crippen molar-refractivity contribution in [2.24, 2.45) is 10.9 Å². The van der Waals surface area contributed by atoms with Crippen LogP contribution in [0.3, 0.4) is 0 Å². The quantitative estimate of drug-likeness (QED) is 0.471. The molecule has 154 valence electrons. The normalized spacial score (nSPS) is 13.7. The molecule has 0 saturated heterocycles. The Morgan fingerprint density at radius 2 is 1.93 bits per heavy atom. The number of ether oxygens (including phenoxy) is 1. The predicted molar refractivity (Wildman–Crippen MR) is 113 cm³/mol. The summed E-state index contributed by atoms with van der Waals surface area (Å²) in [5.74, 6) is 1.48. The SMILES string of the molecule is CN=C(NCC(=O)Nc1ccc(F)cc1)NCc1ccc(C)cc1OCC1CC1. The van der Waals surface area contributed by atoms with Crippen LogP contribution >= 0.6 is 0 Å². The van der Waals surface area contributed by atoms with Crippen LogP contribution < -0.4 is 20.7 Å². The number of anilines is 1. The zero-order valence-electron chi connectivity index (χ0n) is 16.8.